The summed E-state index contributed by atoms with van der Waals surface area (Å²) < 4.78 is 15.5. The fourth-order valence-electron chi connectivity index (χ4n) is 1.61. The van der Waals surface area contributed by atoms with Gasteiger partial charge in [0.05, 0.1) is 18.7 Å². The smallest absolute Gasteiger partial charge is 0.331 e. The van der Waals surface area contributed by atoms with E-state index in [-0.39, 0.29) is 5.78 Å². The molecular weight excluding hydrogens is 308 g/mol. The molecule has 0 aliphatic heterocycles. The molecule has 0 heterocycles. The number of carbonyl (C=O) groups is 2. The average Bonchev–Trinajstić information content (AvgIpc) is 2.45. The Morgan fingerprint density at radius 1 is 1.36 bits per heavy atom. The van der Waals surface area contributed by atoms with E-state index < -0.39 is 12.1 Å². The third kappa shape index (κ3) is 5.07. The van der Waals surface area contributed by atoms with Gasteiger partial charge in [0.15, 0.2) is 23.4 Å². The highest BCUT2D eigenvalue weighted by atomic mass is 35.5. The van der Waals surface area contributed by atoms with E-state index in [0.29, 0.717) is 28.7 Å². The summed E-state index contributed by atoms with van der Waals surface area (Å²) in [6, 6.07) is 3.34. The van der Waals surface area contributed by atoms with Crippen molar-refractivity contribution in [3.8, 4) is 11.5 Å². The van der Waals surface area contributed by atoms with E-state index in [1.807, 2.05) is 6.92 Å². The van der Waals surface area contributed by atoms with Crippen molar-refractivity contribution in [1.82, 2.24) is 0 Å². The summed E-state index contributed by atoms with van der Waals surface area (Å²) in [5, 5.41) is 0.374. The summed E-state index contributed by atoms with van der Waals surface area (Å²) >= 11 is 6.11. The molecular formula is C16H19ClO5. The number of methoxy groups -OCH3 is 1. The van der Waals surface area contributed by atoms with Gasteiger partial charge in [0.1, 0.15) is 0 Å². The summed E-state index contributed by atoms with van der Waals surface area (Å²) in [7, 11) is 1.50. The van der Waals surface area contributed by atoms with Crippen molar-refractivity contribution in [2.24, 2.45) is 0 Å². The number of rotatable bonds is 7. The highest BCUT2D eigenvalue weighted by Gasteiger charge is 2.12. The number of ether oxygens (including phenoxy) is 3. The molecule has 0 amide bonds. The number of halogens is 1. The van der Waals surface area contributed by atoms with Crippen LogP contribution in [0.5, 0.6) is 11.5 Å². The summed E-state index contributed by atoms with van der Waals surface area (Å²) in [5.74, 6) is 0.108. The average molecular weight is 327 g/mol. The molecule has 1 atom stereocenters. The number of carbonyl (C=O) groups excluding carboxylic acids is 2. The van der Waals surface area contributed by atoms with Crippen LogP contribution >= 0.6 is 11.6 Å². The quantitative estimate of drug-likeness (QED) is 0.568. The largest absolute Gasteiger partial charge is 0.491 e. The Hall–Kier alpha value is -2.01. The second-order valence-corrected chi connectivity index (χ2v) is 4.90. The number of hydrogen-bond acceptors (Lipinski definition) is 5. The van der Waals surface area contributed by atoms with E-state index >= 15 is 0 Å². The lowest BCUT2D eigenvalue weighted by Gasteiger charge is -2.12. The first-order valence-electron chi connectivity index (χ1n) is 6.78. The predicted octanol–water partition coefficient (Wildman–Crippen LogP) is 3.28. The van der Waals surface area contributed by atoms with Gasteiger partial charge < -0.3 is 14.2 Å². The lowest BCUT2D eigenvalue weighted by atomic mass is 10.2. The normalized spacial score (nSPS) is 12.0. The van der Waals surface area contributed by atoms with E-state index in [0.717, 1.165) is 0 Å². The first-order chi connectivity index (χ1) is 10.4. The van der Waals surface area contributed by atoms with Crippen LogP contribution in [-0.2, 0) is 14.3 Å². The van der Waals surface area contributed by atoms with Gasteiger partial charge in [-0.1, -0.05) is 11.6 Å². The van der Waals surface area contributed by atoms with Gasteiger partial charge in [0.25, 0.3) is 0 Å². The van der Waals surface area contributed by atoms with E-state index in [1.165, 1.54) is 33.1 Å². The SMILES string of the molecule is CCOc1cc(C=CC(=O)OC(C)C(C)=O)cc(Cl)c1OC. The van der Waals surface area contributed by atoms with Crippen LogP contribution in [0.25, 0.3) is 6.08 Å². The lowest BCUT2D eigenvalue weighted by Crippen LogP contribution is -2.20. The molecule has 0 aliphatic rings. The molecule has 0 N–H and O–H groups in total. The van der Waals surface area contributed by atoms with Crippen molar-refractivity contribution in [3.05, 3.63) is 28.8 Å². The summed E-state index contributed by atoms with van der Waals surface area (Å²) in [5.41, 5.74) is 0.654. The molecule has 0 saturated carbocycles. The number of ketones is 1. The fourth-order valence-corrected chi connectivity index (χ4v) is 1.90. The van der Waals surface area contributed by atoms with Crippen molar-refractivity contribution in [1.29, 1.82) is 0 Å². The van der Waals surface area contributed by atoms with Crippen LogP contribution in [0.3, 0.4) is 0 Å². The van der Waals surface area contributed by atoms with Gasteiger partial charge in [-0.2, -0.15) is 0 Å². The lowest BCUT2D eigenvalue weighted by molar-refractivity contribution is -0.148. The van der Waals surface area contributed by atoms with Gasteiger partial charge in [-0.25, -0.2) is 4.79 Å². The van der Waals surface area contributed by atoms with Crippen LogP contribution in [0, 0.1) is 0 Å². The van der Waals surface area contributed by atoms with E-state index in [1.54, 1.807) is 12.1 Å². The maximum absolute atomic E-state index is 11.6. The molecule has 1 aromatic carbocycles. The molecule has 120 valence electrons. The minimum atomic E-state index is -0.768. The molecule has 0 bridgehead atoms. The number of benzene rings is 1. The van der Waals surface area contributed by atoms with Gasteiger partial charge in [0.2, 0.25) is 0 Å². The first kappa shape index (κ1) is 18.0. The highest BCUT2D eigenvalue weighted by Crippen LogP contribution is 2.36. The second kappa shape index (κ2) is 8.44. The third-order valence-corrected chi connectivity index (χ3v) is 3.09. The number of hydrogen-bond donors (Lipinski definition) is 0. The summed E-state index contributed by atoms with van der Waals surface area (Å²) in [6.07, 6.45) is 1.99. The molecule has 1 aromatic rings. The van der Waals surface area contributed by atoms with Crippen molar-refractivity contribution in [2.45, 2.75) is 26.9 Å². The van der Waals surface area contributed by atoms with Crippen LogP contribution in [0.15, 0.2) is 18.2 Å². The summed E-state index contributed by atoms with van der Waals surface area (Å²) in [6.45, 7) is 5.18. The second-order valence-electron chi connectivity index (χ2n) is 4.49. The Morgan fingerprint density at radius 3 is 2.59 bits per heavy atom. The van der Waals surface area contributed by atoms with Gasteiger partial charge in [0, 0.05) is 6.08 Å². The number of esters is 1. The minimum Gasteiger partial charge on any atom is -0.491 e. The Kier molecular flexibility index (Phi) is 6.92. The van der Waals surface area contributed by atoms with E-state index in [4.69, 9.17) is 25.8 Å². The molecule has 0 radical (unpaired) electrons. The van der Waals surface area contributed by atoms with Crippen LogP contribution < -0.4 is 9.47 Å². The van der Waals surface area contributed by atoms with Crippen molar-refractivity contribution in [3.63, 3.8) is 0 Å². The zero-order valence-electron chi connectivity index (χ0n) is 13.0. The maximum Gasteiger partial charge on any atom is 0.331 e. The third-order valence-electron chi connectivity index (χ3n) is 2.81. The Labute approximate surface area is 134 Å². The van der Waals surface area contributed by atoms with Gasteiger partial charge >= 0.3 is 5.97 Å². The van der Waals surface area contributed by atoms with Crippen LogP contribution in [-0.4, -0.2) is 31.6 Å². The Bertz CT molecular complexity index is 580. The van der Waals surface area contributed by atoms with Crippen LogP contribution in [0.4, 0.5) is 0 Å². The molecule has 5 nitrogen and oxygen atoms in total. The van der Waals surface area contributed by atoms with Gasteiger partial charge in [-0.15, -0.1) is 0 Å². The molecule has 6 heteroatoms. The Balaban J connectivity index is 2.91. The fraction of sp³-hybridized carbons (Fsp3) is 0.375. The topological polar surface area (TPSA) is 61.8 Å². The molecule has 0 aliphatic carbocycles. The van der Waals surface area contributed by atoms with E-state index in [2.05, 4.69) is 0 Å². The summed E-state index contributed by atoms with van der Waals surface area (Å²) in [4.78, 5) is 22.6. The molecule has 1 rings (SSSR count). The van der Waals surface area contributed by atoms with Crippen molar-refractivity contribution < 1.29 is 23.8 Å². The van der Waals surface area contributed by atoms with Crippen molar-refractivity contribution >= 4 is 29.4 Å². The van der Waals surface area contributed by atoms with Crippen molar-refractivity contribution in [2.75, 3.05) is 13.7 Å². The first-order valence-corrected chi connectivity index (χ1v) is 7.16. The van der Waals surface area contributed by atoms with E-state index in [9.17, 15) is 9.59 Å². The zero-order valence-corrected chi connectivity index (χ0v) is 13.8. The Morgan fingerprint density at radius 2 is 2.05 bits per heavy atom. The monoisotopic (exact) mass is 326 g/mol. The molecule has 0 fully saturated rings. The minimum absolute atomic E-state index is 0.215. The molecule has 0 saturated heterocycles. The standard InChI is InChI=1S/C16H19ClO5/c1-5-21-14-9-12(8-13(17)16(14)20-4)6-7-15(19)22-11(3)10(2)18/h6-9,11H,5H2,1-4H3. The highest BCUT2D eigenvalue weighted by molar-refractivity contribution is 6.32. The number of Topliss-reactive ketones (excluding diaryl/α,β-unsaturated/α-hetero) is 1. The molecule has 22 heavy (non-hydrogen) atoms. The molecule has 0 spiro atoms. The van der Waals surface area contributed by atoms with Crippen LogP contribution in [0.2, 0.25) is 5.02 Å². The van der Waals surface area contributed by atoms with Gasteiger partial charge in [-0.05, 0) is 44.5 Å². The van der Waals surface area contributed by atoms with Crippen LogP contribution in [0.1, 0.15) is 26.3 Å². The molecule has 0 aromatic heterocycles. The maximum atomic E-state index is 11.6. The molecule has 1 unspecified atom stereocenters. The zero-order chi connectivity index (χ0) is 16.7. The van der Waals surface area contributed by atoms with Gasteiger partial charge in [-0.3, -0.25) is 4.79 Å². The predicted molar refractivity (Wildman–Crippen MR) is 84.4 cm³/mol.